The molecule has 0 saturated carbocycles. The van der Waals surface area contributed by atoms with Gasteiger partial charge in [0.2, 0.25) is 11.8 Å². The summed E-state index contributed by atoms with van der Waals surface area (Å²) in [7, 11) is 0. The molecule has 1 aromatic heterocycles. The third-order valence-corrected chi connectivity index (χ3v) is 4.26. The maximum Gasteiger partial charge on any atom is 0.230 e. The summed E-state index contributed by atoms with van der Waals surface area (Å²) in [5.41, 5.74) is 1.61. The van der Waals surface area contributed by atoms with E-state index in [1.54, 1.807) is 11.0 Å². The molecule has 1 aliphatic rings. The molecule has 0 aliphatic carbocycles. The van der Waals surface area contributed by atoms with E-state index in [4.69, 9.17) is 4.74 Å². The maximum absolute atomic E-state index is 12.5. The van der Waals surface area contributed by atoms with Crippen LogP contribution in [0.3, 0.4) is 0 Å². The molecule has 0 unspecified atom stereocenters. The van der Waals surface area contributed by atoms with Gasteiger partial charge >= 0.3 is 0 Å². The summed E-state index contributed by atoms with van der Waals surface area (Å²) in [5.74, 6) is 0.674. The van der Waals surface area contributed by atoms with Crippen molar-refractivity contribution in [3.63, 3.8) is 0 Å². The number of ether oxygens (including phenoxy) is 1. The van der Waals surface area contributed by atoms with E-state index < -0.39 is 0 Å². The first-order chi connectivity index (χ1) is 12.6. The van der Waals surface area contributed by atoms with Crippen molar-refractivity contribution in [2.24, 2.45) is 5.92 Å². The molecule has 1 N–H and O–H groups in total. The molecular weight excluding hydrogens is 330 g/mol. The standard InChI is InChI=1S/C20H23N3O3/c1-3-11-26-17-9-7-16(8-10-17)23-13-15(12-19(23)24)20(25)22-18-6-4-5-14(2)21-18/h4-10,15H,3,11-13H2,1-2H3,(H,21,22,25)/t15-/m0/s1. The normalized spacial score (nSPS) is 16.6. The number of aromatic nitrogens is 1. The highest BCUT2D eigenvalue weighted by Crippen LogP contribution is 2.27. The first kappa shape index (κ1) is 17.9. The number of hydrogen-bond acceptors (Lipinski definition) is 4. The zero-order chi connectivity index (χ0) is 18.5. The Morgan fingerprint density at radius 3 is 2.73 bits per heavy atom. The lowest BCUT2D eigenvalue weighted by atomic mass is 10.1. The summed E-state index contributed by atoms with van der Waals surface area (Å²) in [5, 5.41) is 2.80. The van der Waals surface area contributed by atoms with Crippen LogP contribution in [-0.2, 0) is 9.59 Å². The molecule has 0 spiro atoms. The van der Waals surface area contributed by atoms with Crippen LogP contribution in [0.1, 0.15) is 25.5 Å². The second kappa shape index (κ2) is 7.99. The summed E-state index contributed by atoms with van der Waals surface area (Å²) < 4.78 is 5.56. The van der Waals surface area contributed by atoms with Crippen LogP contribution in [0, 0.1) is 12.8 Å². The summed E-state index contributed by atoms with van der Waals surface area (Å²) in [6.07, 6.45) is 1.14. The first-order valence-electron chi connectivity index (χ1n) is 8.84. The molecule has 3 rings (SSSR count). The molecule has 1 fully saturated rings. The van der Waals surface area contributed by atoms with E-state index in [0.29, 0.717) is 19.0 Å². The van der Waals surface area contributed by atoms with Crippen molar-refractivity contribution < 1.29 is 14.3 Å². The highest BCUT2D eigenvalue weighted by molar-refractivity contribution is 6.03. The second-order valence-electron chi connectivity index (χ2n) is 6.40. The third kappa shape index (κ3) is 4.20. The summed E-state index contributed by atoms with van der Waals surface area (Å²) >= 11 is 0. The molecule has 2 heterocycles. The Kier molecular flexibility index (Phi) is 5.51. The molecule has 26 heavy (non-hydrogen) atoms. The van der Waals surface area contributed by atoms with Gasteiger partial charge in [0.15, 0.2) is 0 Å². The smallest absolute Gasteiger partial charge is 0.230 e. The van der Waals surface area contributed by atoms with E-state index in [2.05, 4.69) is 17.2 Å². The Labute approximate surface area is 153 Å². The quantitative estimate of drug-likeness (QED) is 0.866. The number of nitrogens with zero attached hydrogens (tertiary/aromatic N) is 2. The van der Waals surface area contributed by atoms with Gasteiger partial charge in [-0.3, -0.25) is 9.59 Å². The zero-order valence-corrected chi connectivity index (χ0v) is 15.1. The van der Waals surface area contributed by atoms with Gasteiger partial charge < -0.3 is 15.0 Å². The molecular formula is C20H23N3O3. The molecule has 6 nitrogen and oxygen atoms in total. The zero-order valence-electron chi connectivity index (χ0n) is 15.1. The number of carbonyl (C=O) groups is 2. The fraction of sp³-hybridized carbons (Fsp3) is 0.350. The molecule has 1 aromatic carbocycles. The minimum atomic E-state index is -0.388. The minimum Gasteiger partial charge on any atom is -0.494 e. The van der Waals surface area contributed by atoms with Gasteiger partial charge in [-0.05, 0) is 49.7 Å². The minimum absolute atomic E-state index is 0.0513. The van der Waals surface area contributed by atoms with E-state index in [9.17, 15) is 9.59 Å². The number of anilines is 2. The molecule has 6 heteroatoms. The highest BCUT2D eigenvalue weighted by atomic mass is 16.5. The molecule has 1 saturated heterocycles. The first-order valence-corrected chi connectivity index (χ1v) is 8.84. The Morgan fingerprint density at radius 1 is 1.27 bits per heavy atom. The number of carbonyl (C=O) groups excluding carboxylic acids is 2. The van der Waals surface area contributed by atoms with Gasteiger partial charge in [0.05, 0.1) is 12.5 Å². The summed E-state index contributed by atoms with van der Waals surface area (Å²) in [4.78, 5) is 30.7. The van der Waals surface area contributed by atoms with Crippen molar-refractivity contribution in [3.05, 3.63) is 48.2 Å². The SMILES string of the molecule is CCCOc1ccc(N2C[C@@H](C(=O)Nc3cccc(C)n3)CC2=O)cc1. The van der Waals surface area contributed by atoms with Gasteiger partial charge in [-0.2, -0.15) is 0 Å². The Hall–Kier alpha value is -2.89. The Bertz CT molecular complexity index is 789. The van der Waals surface area contributed by atoms with E-state index in [1.165, 1.54) is 0 Å². The maximum atomic E-state index is 12.5. The lowest BCUT2D eigenvalue weighted by Gasteiger charge is -2.17. The van der Waals surface area contributed by atoms with Crippen molar-refractivity contribution in [3.8, 4) is 5.75 Å². The monoisotopic (exact) mass is 353 g/mol. The summed E-state index contributed by atoms with van der Waals surface area (Å²) in [6, 6.07) is 12.9. The van der Waals surface area contributed by atoms with E-state index in [-0.39, 0.29) is 24.2 Å². The van der Waals surface area contributed by atoms with Gasteiger partial charge in [-0.25, -0.2) is 4.98 Å². The van der Waals surface area contributed by atoms with Crippen LogP contribution in [0.4, 0.5) is 11.5 Å². The second-order valence-corrected chi connectivity index (χ2v) is 6.40. The van der Waals surface area contributed by atoms with Gasteiger partial charge in [0.1, 0.15) is 11.6 Å². The Morgan fingerprint density at radius 2 is 2.04 bits per heavy atom. The number of rotatable bonds is 6. The molecule has 1 atom stereocenters. The van der Waals surface area contributed by atoms with Crippen LogP contribution >= 0.6 is 0 Å². The van der Waals surface area contributed by atoms with Crippen LogP contribution in [0.15, 0.2) is 42.5 Å². The van der Waals surface area contributed by atoms with Crippen LogP contribution in [-0.4, -0.2) is 29.9 Å². The predicted molar refractivity (Wildman–Crippen MR) is 100 cm³/mol. The van der Waals surface area contributed by atoms with Gasteiger partial charge in [-0.1, -0.05) is 13.0 Å². The largest absolute Gasteiger partial charge is 0.494 e. The lowest BCUT2D eigenvalue weighted by molar-refractivity contribution is -0.122. The fourth-order valence-electron chi connectivity index (χ4n) is 2.92. The third-order valence-electron chi connectivity index (χ3n) is 4.26. The fourth-order valence-corrected chi connectivity index (χ4v) is 2.92. The van der Waals surface area contributed by atoms with Crippen LogP contribution in [0.5, 0.6) is 5.75 Å². The highest BCUT2D eigenvalue weighted by Gasteiger charge is 2.35. The van der Waals surface area contributed by atoms with Crippen molar-refractivity contribution in [1.29, 1.82) is 0 Å². The lowest BCUT2D eigenvalue weighted by Crippen LogP contribution is -2.28. The Balaban J connectivity index is 1.63. The average molecular weight is 353 g/mol. The number of benzene rings is 1. The number of amides is 2. The molecule has 1 aliphatic heterocycles. The summed E-state index contributed by atoms with van der Waals surface area (Å²) in [6.45, 7) is 4.95. The number of hydrogen-bond donors (Lipinski definition) is 1. The molecule has 0 bridgehead atoms. The van der Waals surface area contributed by atoms with Crippen LogP contribution in [0.25, 0.3) is 0 Å². The number of aryl methyl sites for hydroxylation is 1. The molecule has 2 amide bonds. The predicted octanol–water partition coefficient (Wildman–Crippen LogP) is 3.17. The average Bonchev–Trinajstić information content (AvgIpc) is 3.02. The van der Waals surface area contributed by atoms with Gasteiger partial charge in [0.25, 0.3) is 0 Å². The van der Waals surface area contributed by atoms with Crippen molar-refractivity contribution >= 4 is 23.3 Å². The van der Waals surface area contributed by atoms with Gasteiger partial charge in [-0.15, -0.1) is 0 Å². The number of pyridine rings is 1. The molecule has 2 aromatic rings. The van der Waals surface area contributed by atoms with Gasteiger partial charge in [0, 0.05) is 24.3 Å². The van der Waals surface area contributed by atoms with Crippen molar-refractivity contribution in [2.45, 2.75) is 26.7 Å². The van der Waals surface area contributed by atoms with Crippen LogP contribution < -0.4 is 15.0 Å². The van der Waals surface area contributed by atoms with E-state index >= 15 is 0 Å². The van der Waals surface area contributed by atoms with Crippen molar-refractivity contribution in [2.75, 3.05) is 23.4 Å². The van der Waals surface area contributed by atoms with Crippen molar-refractivity contribution in [1.82, 2.24) is 4.98 Å². The molecule has 136 valence electrons. The number of nitrogens with one attached hydrogen (secondary N) is 1. The van der Waals surface area contributed by atoms with E-state index in [0.717, 1.165) is 23.6 Å². The molecule has 0 radical (unpaired) electrons. The van der Waals surface area contributed by atoms with Crippen LogP contribution in [0.2, 0.25) is 0 Å². The van der Waals surface area contributed by atoms with E-state index in [1.807, 2.05) is 43.3 Å². The topological polar surface area (TPSA) is 71.5 Å².